The minimum absolute atomic E-state index is 0.185. The maximum Gasteiger partial charge on any atom is 0.322 e. The molecule has 1 fully saturated rings. The zero-order valence-electron chi connectivity index (χ0n) is 14.6. The first-order valence-electron chi connectivity index (χ1n) is 8.59. The van der Waals surface area contributed by atoms with Gasteiger partial charge in [0.25, 0.3) is 5.91 Å². The summed E-state index contributed by atoms with van der Waals surface area (Å²) in [6, 6.07) is 9.68. The molecule has 1 atom stereocenters. The number of hydrogen-bond donors (Lipinski definition) is 4. The molecular weight excluding hydrogens is 403 g/mol. The summed E-state index contributed by atoms with van der Waals surface area (Å²) in [6.45, 7) is 0.185. The highest BCUT2D eigenvalue weighted by atomic mass is 35.5. The molecular formula is C19H16Cl2N4O3. The van der Waals surface area contributed by atoms with Gasteiger partial charge >= 0.3 is 12.1 Å². The summed E-state index contributed by atoms with van der Waals surface area (Å²) in [7, 11) is 0. The lowest BCUT2D eigenvalue weighted by Gasteiger charge is -2.18. The van der Waals surface area contributed by atoms with Crippen LogP contribution in [0.4, 0.5) is 15.3 Å². The van der Waals surface area contributed by atoms with Gasteiger partial charge in [-0.1, -0.05) is 35.3 Å². The molecule has 144 valence electrons. The molecule has 1 aliphatic heterocycles. The van der Waals surface area contributed by atoms with E-state index in [1.165, 1.54) is 0 Å². The summed E-state index contributed by atoms with van der Waals surface area (Å²) in [5, 5.41) is 11.4. The van der Waals surface area contributed by atoms with E-state index in [4.69, 9.17) is 23.2 Å². The second-order valence-electron chi connectivity index (χ2n) is 6.84. The SMILES string of the molecule is O=C(NCc1c(Cl)cccc1Cl)Nc1ccc2c(c1)CC1(C2)NC(=O)NC1=O. The molecule has 4 N–H and O–H groups in total. The van der Waals surface area contributed by atoms with Crippen LogP contribution in [0.15, 0.2) is 36.4 Å². The lowest BCUT2D eigenvalue weighted by Crippen LogP contribution is -2.47. The number of anilines is 1. The van der Waals surface area contributed by atoms with Crippen LogP contribution in [-0.2, 0) is 24.2 Å². The minimum atomic E-state index is -0.929. The number of carbonyl (C=O) groups excluding carboxylic acids is 3. The fourth-order valence-corrected chi connectivity index (χ4v) is 4.11. The average Bonchev–Trinajstić information content (AvgIpc) is 3.12. The molecule has 0 radical (unpaired) electrons. The normalized spacial score (nSPS) is 19.9. The van der Waals surface area contributed by atoms with Gasteiger partial charge in [0.05, 0.1) is 0 Å². The van der Waals surface area contributed by atoms with E-state index in [9.17, 15) is 14.4 Å². The first-order valence-corrected chi connectivity index (χ1v) is 9.35. The number of hydrogen-bond acceptors (Lipinski definition) is 3. The molecule has 28 heavy (non-hydrogen) atoms. The third-order valence-corrected chi connectivity index (χ3v) is 5.66. The molecule has 2 aliphatic rings. The quantitative estimate of drug-likeness (QED) is 0.576. The van der Waals surface area contributed by atoms with Crippen molar-refractivity contribution in [3.63, 3.8) is 0 Å². The summed E-state index contributed by atoms with van der Waals surface area (Å²) in [5.41, 5.74) is 2.17. The Balaban J connectivity index is 1.41. The van der Waals surface area contributed by atoms with Crippen LogP contribution in [0.25, 0.3) is 0 Å². The first-order chi connectivity index (χ1) is 13.4. The summed E-state index contributed by atoms with van der Waals surface area (Å²) in [6.07, 6.45) is 0.809. The zero-order chi connectivity index (χ0) is 19.9. The van der Waals surface area contributed by atoms with Gasteiger partial charge in [0, 0.05) is 40.7 Å². The van der Waals surface area contributed by atoms with E-state index in [2.05, 4.69) is 21.3 Å². The van der Waals surface area contributed by atoms with Gasteiger partial charge in [-0.25, -0.2) is 9.59 Å². The Morgan fingerprint density at radius 3 is 2.46 bits per heavy atom. The Labute approximate surface area is 170 Å². The maximum absolute atomic E-state index is 12.2. The van der Waals surface area contributed by atoms with Crippen molar-refractivity contribution in [2.24, 2.45) is 0 Å². The summed E-state index contributed by atoms with van der Waals surface area (Å²) >= 11 is 12.2. The molecule has 4 rings (SSSR count). The first kappa shape index (κ1) is 18.6. The van der Waals surface area contributed by atoms with Crippen LogP contribution in [0.1, 0.15) is 16.7 Å². The zero-order valence-corrected chi connectivity index (χ0v) is 16.1. The molecule has 7 nitrogen and oxygen atoms in total. The topological polar surface area (TPSA) is 99.3 Å². The average molecular weight is 419 g/mol. The van der Waals surface area contributed by atoms with E-state index >= 15 is 0 Å². The standard InChI is InChI=1S/C19H16Cl2N4O3/c20-14-2-1-3-15(21)13(14)9-22-17(27)23-12-5-4-10-7-19(8-11(10)6-12)16(26)24-18(28)25-19/h1-6H,7-9H2,(H2,22,23,27)(H2,24,25,26,28). The Morgan fingerprint density at radius 2 is 1.79 bits per heavy atom. The van der Waals surface area contributed by atoms with Crippen molar-refractivity contribution in [2.45, 2.75) is 24.9 Å². The number of carbonyl (C=O) groups is 3. The molecule has 1 saturated heterocycles. The number of halogens is 2. The molecule has 9 heteroatoms. The van der Waals surface area contributed by atoms with Gasteiger partial charge in [-0.05, 0) is 35.4 Å². The monoisotopic (exact) mass is 418 g/mol. The van der Waals surface area contributed by atoms with Crippen LogP contribution >= 0.6 is 23.2 Å². The predicted molar refractivity (Wildman–Crippen MR) is 106 cm³/mol. The van der Waals surface area contributed by atoms with E-state index in [0.717, 1.165) is 11.1 Å². The van der Waals surface area contributed by atoms with Crippen molar-refractivity contribution in [1.29, 1.82) is 0 Å². The van der Waals surface area contributed by atoms with Gasteiger partial charge < -0.3 is 16.0 Å². The van der Waals surface area contributed by atoms with Crippen LogP contribution in [0.3, 0.4) is 0 Å². The van der Waals surface area contributed by atoms with Crippen molar-refractivity contribution in [2.75, 3.05) is 5.32 Å². The highest BCUT2D eigenvalue weighted by Gasteiger charge is 2.49. The van der Waals surface area contributed by atoms with Gasteiger partial charge in [-0.15, -0.1) is 0 Å². The van der Waals surface area contributed by atoms with E-state index in [0.29, 0.717) is 34.1 Å². The molecule has 2 aromatic rings. The third-order valence-electron chi connectivity index (χ3n) is 4.95. The summed E-state index contributed by atoms with van der Waals surface area (Å²) in [4.78, 5) is 35.8. The van der Waals surface area contributed by atoms with Crippen LogP contribution in [0.5, 0.6) is 0 Å². The molecule has 0 saturated carbocycles. The van der Waals surface area contributed by atoms with Gasteiger partial charge in [0.1, 0.15) is 5.54 Å². The smallest absolute Gasteiger partial charge is 0.322 e. The Kier molecular flexibility index (Phi) is 4.64. The number of rotatable bonds is 3. The van der Waals surface area contributed by atoms with E-state index in [1.807, 2.05) is 12.1 Å². The third kappa shape index (κ3) is 3.39. The second-order valence-corrected chi connectivity index (χ2v) is 7.65. The number of benzene rings is 2. The molecule has 0 aromatic heterocycles. The van der Waals surface area contributed by atoms with Crippen LogP contribution in [0, 0.1) is 0 Å². The highest BCUT2D eigenvalue weighted by Crippen LogP contribution is 2.34. The van der Waals surface area contributed by atoms with Crippen molar-refractivity contribution < 1.29 is 14.4 Å². The van der Waals surface area contributed by atoms with Gasteiger partial charge in [0.2, 0.25) is 0 Å². The van der Waals surface area contributed by atoms with Crippen LogP contribution < -0.4 is 21.3 Å². The van der Waals surface area contributed by atoms with E-state index < -0.39 is 17.6 Å². The lowest BCUT2D eigenvalue weighted by atomic mass is 9.96. The molecule has 1 heterocycles. The Bertz CT molecular complexity index is 990. The molecule has 5 amide bonds. The van der Waals surface area contributed by atoms with Crippen LogP contribution in [0.2, 0.25) is 10.0 Å². The molecule has 1 spiro atoms. The molecule has 2 aromatic carbocycles. The second kappa shape index (κ2) is 7.00. The summed E-state index contributed by atoms with van der Waals surface area (Å²) in [5.74, 6) is -0.322. The maximum atomic E-state index is 12.2. The van der Waals surface area contributed by atoms with Crippen molar-refractivity contribution in [3.8, 4) is 0 Å². The van der Waals surface area contributed by atoms with Gasteiger partial charge in [-0.2, -0.15) is 0 Å². The minimum Gasteiger partial charge on any atom is -0.334 e. The fraction of sp³-hybridized carbons (Fsp3) is 0.211. The molecule has 1 aliphatic carbocycles. The van der Waals surface area contributed by atoms with Gasteiger partial charge in [0.15, 0.2) is 0 Å². The molecule has 1 unspecified atom stereocenters. The van der Waals surface area contributed by atoms with Crippen molar-refractivity contribution in [3.05, 3.63) is 63.1 Å². The van der Waals surface area contributed by atoms with Gasteiger partial charge in [-0.3, -0.25) is 10.1 Å². The highest BCUT2D eigenvalue weighted by molar-refractivity contribution is 6.36. The Morgan fingerprint density at radius 1 is 1.07 bits per heavy atom. The number of amides is 5. The van der Waals surface area contributed by atoms with E-state index in [1.54, 1.807) is 24.3 Å². The number of nitrogens with one attached hydrogen (secondary N) is 4. The lowest BCUT2D eigenvalue weighted by molar-refractivity contribution is -0.123. The Hall–Kier alpha value is -2.77. The number of imide groups is 1. The summed E-state index contributed by atoms with van der Waals surface area (Å²) < 4.78 is 0. The van der Waals surface area contributed by atoms with Crippen LogP contribution in [-0.4, -0.2) is 23.5 Å². The number of fused-ring (bicyclic) bond motifs is 1. The largest absolute Gasteiger partial charge is 0.334 e. The van der Waals surface area contributed by atoms with Crippen molar-refractivity contribution >= 4 is 46.9 Å². The predicted octanol–water partition coefficient (Wildman–Crippen LogP) is 2.99. The van der Waals surface area contributed by atoms with E-state index in [-0.39, 0.29) is 12.5 Å². The number of urea groups is 2. The fourth-order valence-electron chi connectivity index (χ4n) is 3.58. The van der Waals surface area contributed by atoms with Crippen molar-refractivity contribution in [1.82, 2.24) is 16.0 Å². The molecule has 0 bridgehead atoms.